The molecule has 0 bridgehead atoms. The zero-order valence-electron chi connectivity index (χ0n) is 19.4. The molecule has 178 valence electrons. The summed E-state index contributed by atoms with van der Waals surface area (Å²) in [5, 5.41) is 9.02. The number of benzene rings is 2. The van der Waals surface area contributed by atoms with Crippen molar-refractivity contribution < 1.29 is 9.59 Å². The molecule has 2 aromatic carbocycles. The number of hydrogen-bond donors (Lipinski definition) is 2. The molecule has 0 saturated carbocycles. The SMILES string of the molecule is Cc1ccc(-c2nnc(SCC(=O)[N+]3(c4ccccc4-n4cccc4)CCC[C@H]3C(N)=O)[nH]2)cc1. The number of likely N-dealkylation sites (tertiary alicyclic amines) is 1. The molecule has 9 heteroatoms. The number of thioether (sulfide) groups is 1. The number of nitrogens with two attached hydrogens (primary N) is 1. The molecule has 0 radical (unpaired) electrons. The molecule has 3 heterocycles. The summed E-state index contributed by atoms with van der Waals surface area (Å²) in [7, 11) is 0. The van der Waals surface area contributed by atoms with Gasteiger partial charge in [-0.3, -0.25) is 4.79 Å². The van der Waals surface area contributed by atoms with E-state index in [1.54, 1.807) is 0 Å². The summed E-state index contributed by atoms with van der Waals surface area (Å²) in [6.45, 7) is 2.55. The van der Waals surface area contributed by atoms with E-state index >= 15 is 0 Å². The topological polar surface area (TPSA) is 107 Å². The highest BCUT2D eigenvalue weighted by molar-refractivity contribution is 7.99. The molecule has 1 fully saturated rings. The van der Waals surface area contributed by atoms with Crippen molar-refractivity contribution in [3.05, 3.63) is 78.6 Å². The largest absolute Gasteiger partial charge is 0.364 e. The van der Waals surface area contributed by atoms with Gasteiger partial charge in [0.1, 0.15) is 11.4 Å². The Kier molecular flexibility index (Phi) is 6.27. The Morgan fingerprint density at radius 3 is 2.57 bits per heavy atom. The zero-order valence-corrected chi connectivity index (χ0v) is 20.2. The summed E-state index contributed by atoms with van der Waals surface area (Å²) in [6, 6.07) is 19.0. The maximum absolute atomic E-state index is 14.0. The van der Waals surface area contributed by atoms with Crippen molar-refractivity contribution in [1.29, 1.82) is 0 Å². The van der Waals surface area contributed by atoms with E-state index in [1.807, 2.05) is 84.5 Å². The normalized spacial score (nSPS) is 19.6. The predicted octanol–water partition coefficient (Wildman–Crippen LogP) is 3.84. The summed E-state index contributed by atoms with van der Waals surface area (Å²) in [5.41, 5.74) is 9.60. The number of aromatic amines is 1. The van der Waals surface area contributed by atoms with E-state index in [9.17, 15) is 9.59 Å². The van der Waals surface area contributed by atoms with Gasteiger partial charge in [-0.05, 0) is 25.1 Å². The van der Waals surface area contributed by atoms with Crippen LogP contribution in [0.1, 0.15) is 18.4 Å². The second-order valence-corrected chi connectivity index (χ2v) is 9.72. The number of carbonyl (C=O) groups is 2. The lowest BCUT2D eigenvalue weighted by Gasteiger charge is -2.36. The summed E-state index contributed by atoms with van der Waals surface area (Å²) in [4.78, 5) is 29.7. The number of nitrogens with one attached hydrogen (secondary N) is 1. The molecule has 2 aromatic heterocycles. The molecule has 1 aliphatic heterocycles. The summed E-state index contributed by atoms with van der Waals surface area (Å²) < 4.78 is 1.88. The quantitative estimate of drug-likeness (QED) is 0.304. The third-order valence-electron chi connectivity index (χ3n) is 6.61. The van der Waals surface area contributed by atoms with Gasteiger partial charge in [0.2, 0.25) is 0 Å². The lowest BCUT2D eigenvalue weighted by Crippen LogP contribution is -2.62. The van der Waals surface area contributed by atoms with Gasteiger partial charge in [-0.25, -0.2) is 9.28 Å². The number of primary amides is 1. The number of hydrogen-bond acceptors (Lipinski definition) is 5. The van der Waals surface area contributed by atoms with Gasteiger partial charge in [-0.15, -0.1) is 10.2 Å². The number of nitrogens with zero attached hydrogens (tertiary/aromatic N) is 4. The molecule has 0 aliphatic carbocycles. The van der Waals surface area contributed by atoms with Gasteiger partial charge < -0.3 is 15.3 Å². The smallest absolute Gasteiger partial charge is 0.329 e. The number of aryl methyl sites for hydroxylation is 1. The molecule has 1 aliphatic rings. The van der Waals surface area contributed by atoms with Crippen LogP contribution in [0.2, 0.25) is 0 Å². The van der Waals surface area contributed by atoms with Crippen molar-refractivity contribution >= 4 is 29.3 Å². The highest BCUT2D eigenvalue weighted by Gasteiger charge is 2.53. The van der Waals surface area contributed by atoms with Crippen LogP contribution in [0, 0.1) is 6.92 Å². The number of aromatic nitrogens is 4. The highest BCUT2D eigenvalue weighted by atomic mass is 32.2. The van der Waals surface area contributed by atoms with Crippen molar-refractivity contribution in [2.45, 2.75) is 31.0 Å². The second-order valence-electron chi connectivity index (χ2n) is 8.76. The molecule has 35 heavy (non-hydrogen) atoms. The van der Waals surface area contributed by atoms with Gasteiger partial charge >= 0.3 is 5.91 Å². The van der Waals surface area contributed by atoms with Crippen LogP contribution in [-0.4, -0.2) is 49.9 Å². The predicted molar refractivity (Wildman–Crippen MR) is 137 cm³/mol. The number of carbonyl (C=O) groups excluding carboxylic acids is 2. The van der Waals surface area contributed by atoms with Crippen molar-refractivity contribution in [1.82, 2.24) is 24.2 Å². The fourth-order valence-corrected chi connectivity index (χ4v) is 5.66. The average Bonchev–Trinajstić information content (AvgIpc) is 3.64. The summed E-state index contributed by atoms with van der Waals surface area (Å²) in [5.74, 6) is 0.249. The number of rotatable bonds is 7. The van der Waals surface area contributed by atoms with Crippen molar-refractivity contribution in [2.75, 3.05) is 12.3 Å². The maximum atomic E-state index is 14.0. The van der Waals surface area contributed by atoms with E-state index in [2.05, 4.69) is 15.2 Å². The number of quaternary nitrogens is 1. The van der Waals surface area contributed by atoms with Crippen LogP contribution in [0.3, 0.4) is 0 Å². The van der Waals surface area contributed by atoms with E-state index in [1.165, 1.54) is 11.8 Å². The lowest BCUT2D eigenvalue weighted by atomic mass is 10.1. The molecule has 1 unspecified atom stereocenters. The molecule has 1 saturated heterocycles. The van der Waals surface area contributed by atoms with Gasteiger partial charge in [0.15, 0.2) is 22.7 Å². The lowest BCUT2D eigenvalue weighted by molar-refractivity contribution is -0.134. The summed E-state index contributed by atoms with van der Waals surface area (Å²) >= 11 is 1.29. The summed E-state index contributed by atoms with van der Waals surface area (Å²) in [6.07, 6.45) is 5.19. The average molecular weight is 488 g/mol. The molecular weight excluding hydrogens is 460 g/mol. The van der Waals surface area contributed by atoms with E-state index in [0.717, 1.165) is 28.9 Å². The maximum Gasteiger partial charge on any atom is 0.329 e. The molecule has 8 nitrogen and oxygen atoms in total. The number of para-hydroxylation sites is 2. The molecular formula is C26H27N6O2S+. The molecule has 2 atom stereocenters. The Balaban J connectivity index is 1.45. The van der Waals surface area contributed by atoms with E-state index in [4.69, 9.17) is 5.73 Å². The minimum atomic E-state index is -0.613. The van der Waals surface area contributed by atoms with Gasteiger partial charge in [0, 0.05) is 36.9 Å². The third-order valence-corrected chi connectivity index (χ3v) is 7.46. The number of H-pyrrole nitrogens is 1. The fraction of sp³-hybridized carbons (Fsp3) is 0.231. The Bertz CT molecular complexity index is 1350. The van der Waals surface area contributed by atoms with Crippen LogP contribution in [0.25, 0.3) is 17.1 Å². The first kappa shape index (κ1) is 23.1. The first-order chi connectivity index (χ1) is 17.0. The van der Waals surface area contributed by atoms with Crippen LogP contribution in [0.15, 0.2) is 78.2 Å². The van der Waals surface area contributed by atoms with Crippen LogP contribution in [0.4, 0.5) is 5.69 Å². The van der Waals surface area contributed by atoms with Gasteiger partial charge in [0.05, 0.1) is 6.54 Å². The van der Waals surface area contributed by atoms with Crippen molar-refractivity contribution in [3.63, 3.8) is 0 Å². The standard InChI is InChI=1S/C26H26N6O2S/c1-18-10-12-19(13-11-18)25-28-26(30-29-25)35-17-23(33)32(16-6-9-22(32)24(27)34)21-8-3-2-7-20(21)31-14-4-5-15-31/h2-5,7-8,10-15,22H,6,9,16-17H2,1H3,(H2-,27,28,29,30,34)/p+1/t22-,32?/m0/s1. The minimum absolute atomic E-state index is 0.0795. The Hall–Kier alpha value is -3.69. The first-order valence-electron chi connectivity index (χ1n) is 11.5. The molecule has 3 N–H and O–H groups in total. The molecule has 0 spiro atoms. The monoisotopic (exact) mass is 487 g/mol. The molecule has 5 rings (SSSR count). The van der Waals surface area contributed by atoms with Crippen molar-refractivity contribution in [3.8, 4) is 17.1 Å². The Labute approximate surface area is 207 Å². The van der Waals surface area contributed by atoms with Gasteiger partial charge in [-0.1, -0.05) is 53.7 Å². The number of amides is 2. The van der Waals surface area contributed by atoms with Crippen LogP contribution in [0.5, 0.6) is 0 Å². The highest BCUT2D eigenvalue weighted by Crippen LogP contribution is 2.40. The van der Waals surface area contributed by atoms with E-state index in [0.29, 0.717) is 23.9 Å². The van der Waals surface area contributed by atoms with Crippen LogP contribution in [-0.2, 0) is 9.59 Å². The second kappa shape index (κ2) is 9.52. The van der Waals surface area contributed by atoms with E-state index < -0.39 is 11.9 Å². The zero-order chi connectivity index (χ0) is 24.4. The Morgan fingerprint density at radius 1 is 1.09 bits per heavy atom. The van der Waals surface area contributed by atoms with Crippen LogP contribution < -0.4 is 10.2 Å². The first-order valence-corrected chi connectivity index (χ1v) is 12.5. The van der Waals surface area contributed by atoms with Crippen LogP contribution >= 0.6 is 11.8 Å². The minimum Gasteiger partial charge on any atom is -0.364 e. The van der Waals surface area contributed by atoms with E-state index in [-0.39, 0.29) is 16.1 Å². The Morgan fingerprint density at radius 2 is 1.83 bits per heavy atom. The van der Waals surface area contributed by atoms with Gasteiger partial charge in [0.25, 0.3) is 5.91 Å². The molecule has 2 amide bonds. The fourth-order valence-electron chi connectivity index (χ4n) is 4.90. The third kappa shape index (κ3) is 4.28. The van der Waals surface area contributed by atoms with Crippen molar-refractivity contribution in [2.24, 2.45) is 5.73 Å². The van der Waals surface area contributed by atoms with Gasteiger partial charge in [-0.2, -0.15) is 0 Å². The molecule has 4 aromatic rings.